The lowest BCUT2D eigenvalue weighted by molar-refractivity contribution is 0.0599. The third-order valence-electron chi connectivity index (χ3n) is 20.5. The summed E-state index contributed by atoms with van der Waals surface area (Å²) in [6, 6.07) is 58.5. The predicted octanol–water partition coefficient (Wildman–Crippen LogP) is 22.5. The molecule has 0 aliphatic heterocycles. The molecule has 11 N–H and O–H groups in total. The zero-order chi connectivity index (χ0) is 96.4. The van der Waals surface area contributed by atoms with E-state index in [4.69, 9.17) is 21.8 Å². The zero-order valence-electron chi connectivity index (χ0n) is 71.9. The summed E-state index contributed by atoms with van der Waals surface area (Å²) in [5, 5.41) is 108. The summed E-state index contributed by atoms with van der Waals surface area (Å²) >= 11 is 12.5. The van der Waals surface area contributed by atoms with Crippen LogP contribution in [0.2, 0.25) is 5.02 Å². The topological polar surface area (TPSA) is 520 Å². The number of rotatable bonds is 24. The number of benzene rings is 11. The van der Waals surface area contributed by atoms with Crippen LogP contribution in [0.15, 0.2) is 289 Å². The summed E-state index contributed by atoms with van der Waals surface area (Å²) in [5.41, 5.74) is 12.4. The van der Waals surface area contributed by atoms with Gasteiger partial charge < -0.3 is 61.7 Å². The van der Waals surface area contributed by atoms with E-state index in [9.17, 15) is 68.7 Å². The normalized spacial score (nSPS) is 11.1. The number of carbonyl (C=O) groups excluding carboxylic acids is 9. The zero-order valence-corrected chi connectivity index (χ0v) is 75.2. The first kappa shape index (κ1) is 94.7. The number of halogens is 1. The second-order valence-corrected chi connectivity index (χ2v) is 32.1. The smallest absolute Gasteiger partial charge is 0.343 e. The standard InChI is InChI=1S/C25H19N3O6S.C25H21N3O3S.C24H17N9O3.C23H17ClN4O4S/c1-33-25(32)19-12-34-20(11-29)21(19)27-28-22-17-5-3-2-4-15(17)10-18(23(22)30)24(31)26-16-8-6-14(13-35)7-9-16;1-14-7-6-9-18(11-14)26-24(31)20-12-17-8-4-5-10-19(17)22(23(20)30)27-28-25-21(13-29)15(2)16(3)32-25;25-21(35)18-13-33(24-27-8-3-9-28-24)32-22(18)31-30-19-16-5-2-1-4-14(16)12-17(20(19)34)23(36)29-15-6-10-26-11-7-15;1-12-19(11-30)23(33-28-12)27-26-20-17-7-2-13(10-29)8-14(17)9-18(21(20)31)22(32)25-16-5-3-15(24)4-6-16/h2-12,30,35H,13H2,1H3,(H,26,31);4-13,30H,1-3H3,(H,26,31);1-13,34H,(H2,25,35)(H,26,29,36);2-9,11,29,31H,10H2,1H3,(H,25,32). The lowest BCUT2D eigenvalue weighted by Crippen LogP contribution is -2.12. The number of phenols is 4. The minimum atomic E-state index is -0.786. The number of aryl methyl sites for hydroxylation is 3. The van der Waals surface area contributed by atoms with Crippen molar-refractivity contribution in [3.8, 4) is 28.9 Å². The van der Waals surface area contributed by atoms with Crippen LogP contribution in [0, 0.1) is 27.7 Å². The number of aliphatic hydroxyl groups excluding tert-OH is 1. The van der Waals surface area contributed by atoms with E-state index in [1.54, 1.807) is 153 Å². The van der Waals surface area contributed by atoms with Crippen molar-refractivity contribution in [1.29, 1.82) is 0 Å². The van der Waals surface area contributed by atoms with Gasteiger partial charge in [0.25, 0.3) is 35.5 Å². The number of aldehydes is 3. The Labute approximate surface area is 789 Å². The van der Waals surface area contributed by atoms with Gasteiger partial charge in [0.05, 0.1) is 52.8 Å². The van der Waals surface area contributed by atoms with Gasteiger partial charge in [0, 0.05) is 90.9 Å². The highest BCUT2D eigenvalue weighted by Gasteiger charge is 2.28. The van der Waals surface area contributed by atoms with Gasteiger partial charge in [0.2, 0.25) is 5.82 Å². The number of nitrogens with zero attached hydrogens (tertiary/aromatic N) is 14. The second-order valence-electron chi connectivity index (χ2n) is 29.4. The number of carbonyl (C=O) groups is 9. The number of hydrogen-bond acceptors (Lipinski definition) is 32. The van der Waals surface area contributed by atoms with Gasteiger partial charge in [0.15, 0.2) is 52.6 Å². The van der Waals surface area contributed by atoms with E-state index in [2.05, 4.69) is 104 Å². The number of nitrogens with two attached hydrogens (primary N) is 1. The van der Waals surface area contributed by atoms with Gasteiger partial charge in [-0.2, -0.15) is 17.0 Å². The average Bonchev–Trinajstić information content (AvgIpc) is 0.876. The molecule has 39 heteroatoms. The average molecular weight is 1890 g/mol. The SMILES string of the molecule is COC(=O)c1coc(C=O)c1N=Nc1c(O)c(C(=O)Nc2ccc(CS)cc2)cc2ccccc12.Cc1cccc(NC(=O)c2cc3ccccc3c(N=Nc3sc(C)c(C)c3C=O)c2O)c1.Cc1nsc(N=Nc2c(O)c(C(=O)Nc3ccc(Cl)cc3)cc3cc(CO)ccc23)c1C=O.NC(=O)c1cn(-c2ncccn2)nc1N=Nc1c(O)c(C(=O)Nc2ccncc2)cc2ccccc12. The van der Waals surface area contributed by atoms with Crippen LogP contribution in [-0.4, -0.2) is 116 Å². The summed E-state index contributed by atoms with van der Waals surface area (Å²) in [6.45, 7) is 7.20. The maximum Gasteiger partial charge on any atom is 0.343 e. The molecule has 17 rings (SSSR count). The van der Waals surface area contributed by atoms with E-state index in [0.717, 1.165) is 51.0 Å². The van der Waals surface area contributed by atoms with Gasteiger partial charge in [-0.25, -0.2) is 19.4 Å². The lowest BCUT2D eigenvalue weighted by Gasteiger charge is -2.12. The first-order chi connectivity index (χ1) is 65.8. The van der Waals surface area contributed by atoms with Gasteiger partial charge in [-0.1, -0.05) is 121 Å². The Balaban J connectivity index is 0.000000145. The number of fused-ring (bicyclic) bond motifs is 4. The van der Waals surface area contributed by atoms with Crippen LogP contribution in [0.5, 0.6) is 23.0 Å². The number of aromatic nitrogens is 6. The number of anilines is 4. The number of amides is 5. The van der Waals surface area contributed by atoms with Crippen molar-refractivity contribution < 1.29 is 77.8 Å². The molecule has 5 amide bonds. The summed E-state index contributed by atoms with van der Waals surface area (Å²) in [5.74, 6) is -4.73. The van der Waals surface area contributed by atoms with E-state index in [1.807, 2.05) is 69.3 Å². The molecule has 11 aromatic carbocycles. The van der Waals surface area contributed by atoms with Gasteiger partial charge in [-0.05, 0) is 180 Å². The molecular formula is C97H74ClN19O16S3. The summed E-state index contributed by atoms with van der Waals surface area (Å²) in [7, 11) is 1.17. The van der Waals surface area contributed by atoms with Crippen LogP contribution in [0.1, 0.15) is 126 Å². The van der Waals surface area contributed by atoms with Crippen LogP contribution in [0.25, 0.3) is 49.0 Å². The van der Waals surface area contributed by atoms with Crippen molar-refractivity contribution >= 4 is 212 Å². The number of pyridine rings is 1. The Bertz CT molecular complexity index is 7660. The molecule has 35 nitrogen and oxygen atoms in total. The maximum atomic E-state index is 13.0. The number of phenolic OH excluding ortho intramolecular Hbond substituents is 4. The molecule has 678 valence electrons. The Hall–Kier alpha value is -17.5. The van der Waals surface area contributed by atoms with E-state index >= 15 is 0 Å². The number of furan rings is 1. The molecule has 0 aliphatic carbocycles. The van der Waals surface area contributed by atoms with Crippen molar-refractivity contribution in [3.05, 3.63) is 332 Å². The molecule has 0 fully saturated rings. The Morgan fingerprint density at radius 2 is 0.963 bits per heavy atom. The van der Waals surface area contributed by atoms with Gasteiger partial charge in [0.1, 0.15) is 50.8 Å². The molecular weight excluding hydrogens is 1820 g/mol. The fourth-order valence-electron chi connectivity index (χ4n) is 13.5. The van der Waals surface area contributed by atoms with Gasteiger partial charge in [-0.15, -0.1) is 57.3 Å². The molecule has 6 aromatic heterocycles. The monoisotopic (exact) mass is 1890 g/mol. The molecule has 136 heavy (non-hydrogen) atoms. The quantitative estimate of drug-likeness (QED) is 0.0116. The summed E-state index contributed by atoms with van der Waals surface area (Å²) in [6.07, 6.45) is 10.3. The molecule has 0 unspecified atom stereocenters. The minimum absolute atomic E-state index is 0.0159. The number of azo groups is 4. The number of thiophene rings is 1. The molecule has 6 heterocycles. The van der Waals surface area contributed by atoms with Crippen LogP contribution in [-0.2, 0) is 17.1 Å². The first-order valence-corrected chi connectivity index (χ1v) is 43.1. The van der Waals surface area contributed by atoms with Crippen molar-refractivity contribution in [3.63, 3.8) is 0 Å². The third kappa shape index (κ3) is 21.6. The fourth-order valence-corrected chi connectivity index (χ4v) is 15.5. The van der Waals surface area contributed by atoms with Crippen molar-refractivity contribution in [1.82, 2.24) is 29.1 Å². The molecule has 0 bridgehead atoms. The lowest BCUT2D eigenvalue weighted by atomic mass is 10.0. The van der Waals surface area contributed by atoms with Gasteiger partial charge >= 0.3 is 5.97 Å². The Morgan fingerprint density at radius 3 is 1.46 bits per heavy atom. The van der Waals surface area contributed by atoms with Crippen LogP contribution < -0.4 is 27.0 Å². The molecule has 17 aromatic rings. The van der Waals surface area contributed by atoms with Crippen molar-refractivity contribution in [2.24, 2.45) is 46.6 Å². The first-order valence-electron chi connectivity index (χ1n) is 40.5. The highest BCUT2D eigenvalue weighted by atomic mass is 35.5. The Kier molecular flexibility index (Phi) is 30.0. The van der Waals surface area contributed by atoms with Crippen LogP contribution in [0.3, 0.4) is 0 Å². The Morgan fingerprint density at radius 1 is 0.493 bits per heavy atom. The number of nitrogens with one attached hydrogen (secondary N) is 4. The predicted molar refractivity (Wildman–Crippen MR) is 517 cm³/mol. The molecule has 0 aliphatic rings. The number of primary amides is 1. The largest absolute Gasteiger partial charge is 0.505 e. The van der Waals surface area contributed by atoms with E-state index in [1.165, 1.54) is 66.2 Å². The highest BCUT2D eigenvalue weighted by Crippen LogP contribution is 2.47. The van der Waals surface area contributed by atoms with Crippen LogP contribution >= 0.6 is 47.1 Å². The molecule has 0 saturated heterocycles. The number of aliphatic hydroxyl groups is 1. The number of thiol groups is 1. The highest BCUT2D eigenvalue weighted by molar-refractivity contribution is 7.79. The summed E-state index contributed by atoms with van der Waals surface area (Å²) < 4.78 is 15.1. The number of ether oxygens (including phenoxy) is 1. The number of methoxy groups -OCH3 is 1. The minimum Gasteiger partial charge on any atom is -0.505 e. The van der Waals surface area contributed by atoms with Crippen molar-refractivity contribution in [2.75, 3.05) is 28.4 Å². The number of hydrogen-bond donors (Lipinski definition) is 11. The van der Waals surface area contributed by atoms with Crippen LogP contribution in [0.4, 0.5) is 67.0 Å². The summed E-state index contributed by atoms with van der Waals surface area (Å²) in [4.78, 5) is 123. The second kappa shape index (κ2) is 43.1. The number of esters is 1. The molecule has 0 spiro atoms. The molecule has 0 saturated carbocycles. The maximum absolute atomic E-state index is 13.0. The molecule has 0 atom stereocenters. The van der Waals surface area contributed by atoms with Crippen molar-refractivity contribution in [2.45, 2.75) is 40.1 Å². The number of aromatic hydroxyl groups is 4. The molecule has 0 radical (unpaired) electrons. The van der Waals surface area contributed by atoms with E-state index in [0.29, 0.717) is 111 Å². The third-order valence-corrected chi connectivity index (χ3v) is 23.1. The van der Waals surface area contributed by atoms with E-state index in [-0.39, 0.29) is 102 Å². The fraction of sp³-hybridized carbons (Fsp3) is 0.0722. The van der Waals surface area contributed by atoms with E-state index < -0.39 is 47.0 Å². The van der Waals surface area contributed by atoms with Gasteiger partial charge in [-0.3, -0.25) is 43.3 Å².